The molecule has 4 rings (SSSR count). The molecule has 3 nitrogen and oxygen atoms in total. The molecule has 132 valence electrons. The number of aromatic nitrogens is 1. The molecule has 0 bridgehead atoms. The van der Waals surface area contributed by atoms with Gasteiger partial charge in [0.15, 0.2) is 0 Å². The third-order valence-electron chi connectivity index (χ3n) is 4.75. The number of nitrogens with zero attached hydrogens (tertiary/aromatic N) is 1. The third-order valence-corrected chi connectivity index (χ3v) is 5.63. The smallest absolute Gasteiger partial charge is 0.133 e. The van der Waals surface area contributed by atoms with E-state index in [2.05, 4.69) is 54.7 Å². The number of fused-ring (bicyclic) bond motifs is 3. The zero-order chi connectivity index (χ0) is 18.3. The van der Waals surface area contributed by atoms with Gasteiger partial charge in [0.1, 0.15) is 11.6 Å². The lowest BCUT2D eigenvalue weighted by Gasteiger charge is -2.14. The van der Waals surface area contributed by atoms with Crippen molar-refractivity contribution in [3.05, 3.63) is 54.1 Å². The van der Waals surface area contributed by atoms with Crippen LogP contribution in [0.15, 0.2) is 52.9 Å². The van der Waals surface area contributed by atoms with E-state index in [4.69, 9.17) is 0 Å². The molecule has 0 spiro atoms. The van der Waals surface area contributed by atoms with Crippen LogP contribution in [0.4, 0.5) is 5.82 Å². The molecule has 0 saturated carbocycles. The molecule has 2 N–H and O–H groups in total. The minimum atomic E-state index is 0.0803. The van der Waals surface area contributed by atoms with E-state index < -0.39 is 0 Å². The second kappa shape index (κ2) is 6.69. The molecule has 0 aliphatic carbocycles. The summed E-state index contributed by atoms with van der Waals surface area (Å²) in [5, 5.41) is 11.2. The van der Waals surface area contributed by atoms with E-state index in [1.807, 2.05) is 30.1 Å². The van der Waals surface area contributed by atoms with Gasteiger partial charge >= 0.3 is 0 Å². The molecule has 3 aromatic rings. The van der Waals surface area contributed by atoms with Gasteiger partial charge in [-0.15, -0.1) is 11.8 Å². The van der Waals surface area contributed by atoms with Crippen molar-refractivity contribution in [1.82, 2.24) is 4.98 Å². The fraction of sp³-hybridized carbons (Fsp3) is 0.227. The topological polar surface area (TPSA) is 48.4 Å². The van der Waals surface area contributed by atoms with E-state index in [9.17, 15) is 5.11 Å². The van der Waals surface area contributed by atoms with Gasteiger partial charge in [-0.1, -0.05) is 32.6 Å². The first-order valence-electron chi connectivity index (χ1n) is 8.91. The number of benzene rings is 2. The van der Waals surface area contributed by atoms with Crippen LogP contribution < -0.4 is 0 Å². The first-order valence-corrected chi connectivity index (χ1v) is 9.89. The summed E-state index contributed by atoms with van der Waals surface area (Å²) in [5.41, 5.74) is 5.26. The van der Waals surface area contributed by atoms with Gasteiger partial charge in [0.2, 0.25) is 0 Å². The summed E-state index contributed by atoms with van der Waals surface area (Å²) in [4.78, 5) is 9.28. The summed E-state index contributed by atoms with van der Waals surface area (Å²) in [6.07, 6.45) is 2.97. The number of aliphatic hydroxyl groups is 1. The molecule has 0 radical (unpaired) electrons. The standard InChI is InChI=1S/C22H22N2OS/c1-4-26-17-7-5-6-15(9-17)18-10-16(14(3)25)11-20-21(18)19-8-13(2)12-23-22(19)24-20/h5-7,9-13,24-25H,3-4,8H2,1-2H3. The summed E-state index contributed by atoms with van der Waals surface area (Å²) in [6, 6.07) is 12.6. The summed E-state index contributed by atoms with van der Waals surface area (Å²) >= 11 is 1.83. The highest BCUT2D eigenvalue weighted by atomic mass is 32.2. The fourth-order valence-corrected chi connectivity index (χ4v) is 4.31. The number of H-pyrrole nitrogens is 1. The van der Waals surface area contributed by atoms with Crippen molar-refractivity contribution in [2.45, 2.75) is 25.2 Å². The van der Waals surface area contributed by atoms with Gasteiger partial charge in [0.05, 0.1) is 0 Å². The van der Waals surface area contributed by atoms with Crippen molar-refractivity contribution in [3.8, 4) is 11.1 Å². The summed E-state index contributed by atoms with van der Waals surface area (Å²) in [6.45, 7) is 8.06. The number of aliphatic imine (C=N–C) groups is 1. The minimum Gasteiger partial charge on any atom is -0.508 e. The Morgan fingerprint density at radius 3 is 2.96 bits per heavy atom. The van der Waals surface area contributed by atoms with Crippen molar-refractivity contribution < 1.29 is 5.11 Å². The molecule has 0 amide bonds. The summed E-state index contributed by atoms with van der Waals surface area (Å²) in [7, 11) is 0. The average Bonchev–Trinajstić information content (AvgIpc) is 2.99. The number of aliphatic hydroxyl groups excluding tert-OH is 1. The molecule has 2 heterocycles. The van der Waals surface area contributed by atoms with E-state index in [-0.39, 0.29) is 5.76 Å². The highest BCUT2D eigenvalue weighted by Gasteiger charge is 2.21. The Balaban J connectivity index is 2.00. The molecule has 1 aliphatic rings. The van der Waals surface area contributed by atoms with Crippen molar-refractivity contribution in [2.75, 3.05) is 5.75 Å². The number of aromatic amines is 1. The van der Waals surface area contributed by atoms with Gasteiger partial charge in [0.25, 0.3) is 0 Å². The van der Waals surface area contributed by atoms with E-state index in [1.165, 1.54) is 15.8 Å². The number of hydrogen-bond acceptors (Lipinski definition) is 3. The maximum atomic E-state index is 10.00. The fourth-order valence-electron chi connectivity index (χ4n) is 3.59. The molecule has 1 aromatic heterocycles. The van der Waals surface area contributed by atoms with Crippen LogP contribution in [0.1, 0.15) is 25.0 Å². The molecule has 1 aliphatic heterocycles. The summed E-state index contributed by atoms with van der Waals surface area (Å²) < 4.78 is 0. The normalized spacial score (nSPS) is 16.0. The Labute approximate surface area is 157 Å². The Hall–Kier alpha value is -2.46. The predicted octanol–water partition coefficient (Wildman–Crippen LogP) is 6.37. The maximum absolute atomic E-state index is 10.00. The number of hydrogen-bond donors (Lipinski definition) is 2. The van der Waals surface area contributed by atoms with Crippen LogP contribution in [-0.2, 0) is 6.42 Å². The molecule has 26 heavy (non-hydrogen) atoms. The van der Waals surface area contributed by atoms with Crippen molar-refractivity contribution in [3.63, 3.8) is 0 Å². The zero-order valence-electron chi connectivity index (χ0n) is 15.0. The Morgan fingerprint density at radius 1 is 1.35 bits per heavy atom. The SMILES string of the molecule is C=C(O)c1cc(-c2cccc(SCC)c2)c2c3c([nH]c2c1)N=CC(C)C3. The molecular weight excluding hydrogens is 340 g/mol. The zero-order valence-corrected chi connectivity index (χ0v) is 15.9. The van der Waals surface area contributed by atoms with Gasteiger partial charge in [-0.25, -0.2) is 4.99 Å². The molecule has 1 atom stereocenters. The number of rotatable bonds is 4. The molecule has 0 fully saturated rings. The van der Waals surface area contributed by atoms with Crippen LogP contribution in [0.5, 0.6) is 0 Å². The molecular formula is C22H22N2OS. The van der Waals surface area contributed by atoms with Crippen LogP contribution in [0, 0.1) is 5.92 Å². The lowest BCUT2D eigenvalue weighted by atomic mass is 9.92. The van der Waals surface area contributed by atoms with Crippen LogP contribution >= 0.6 is 11.8 Å². The molecule has 0 saturated heterocycles. The second-order valence-electron chi connectivity index (χ2n) is 6.77. The molecule has 2 aromatic carbocycles. The molecule has 4 heteroatoms. The van der Waals surface area contributed by atoms with Gasteiger partial charge in [-0.3, -0.25) is 0 Å². The Kier molecular flexibility index (Phi) is 4.37. The van der Waals surface area contributed by atoms with E-state index in [0.29, 0.717) is 5.92 Å². The van der Waals surface area contributed by atoms with Crippen LogP contribution in [0.3, 0.4) is 0 Å². The van der Waals surface area contributed by atoms with Crippen LogP contribution in [-0.4, -0.2) is 22.1 Å². The third kappa shape index (κ3) is 2.95. The van der Waals surface area contributed by atoms with Gasteiger partial charge in [-0.2, -0.15) is 0 Å². The quantitative estimate of drug-likeness (QED) is 0.418. The first kappa shape index (κ1) is 17.0. The summed E-state index contributed by atoms with van der Waals surface area (Å²) in [5.74, 6) is 2.47. The van der Waals surface area contributed by atoms with Gasteiger partial charge in [-0.05, 0) is 53.5 Å². The minimum absolute atomic E-state index is 0.0803. The van der Waals surface area contributed by atoms with Crippen molar-refractivity contribution >= 4 is 40.5 Å². The van der Waals surface area contributed by atoms with Crippen LogP contribution in [0.25, 0.3) is 27.8 Å². The van der Waals surface area contributed by atoms with E-state index >= 15 is 0 Å². The second-order valence-corrected chi connectivity index (χ2v) is 8.10. The van der Waals surface area contributed by atoms with E-state index in [1.54, 1.807) is 0 Å². The van der Waals surface area contributed by atoms with Gasteiger partial charge < -0.3 is 10.1 Å². The Bertz CT molecular complexity index is 1030. The van der Waals surface area contributed by atoms with Crippen molar-refractivity contribution in [1.29, 1.82) is 0 Å². The predicted molar refractivity (Wildman–Crippen MR) is 113 cm³/mol. The highest BCUT2D eigenvalue weighted by molar-refractivity contribution is 7.99. The number of nitrogens with one attached hydrogen (secondary N) is 1. The van der Waals surface area contributed by atoms with Crippen LogP contribution in [0.2, 0.25) is 0 Å². The largest absolute Gasteiger partial charge is 0.508 e. The van der Waals surface area contributed by atoms with E-state index in [0.717, 1.165) is 40.2 Å². The lowest BCUT2D eigenvalue weighted by Crippen LogP contribution is -2.05. The Morgan fingerprint density at radius 2 is 2.19 bits per heavy atom. The highest BCUT2D eigenvalue weighted by Crippen LogP contribution is 2.41. The average molecular weight is 362 g/mol. The maximum Gasteiger partial charge on any atom is 0.133 e. The monoisotopic (exact) mass is 362 g/mol. The van der Waals surface area contributed by atoms with Crippen molar-refractivity contribution in [2.24, 2.45) is 10.9 Å². The first-order chi connectivity index (χ1) is 12.6. The molecule has 1 unspecified atom stereocenters. The number of thioether (sulfide) groups is 1. The van der Waals surface area contributed by atoms with Gasteiger partial charge in [0, 0.05) is 33.1 Å². The lowest BCUT2D eigenvalue weighted by molar-refractivity contribution is 0.514.